The van der Waals surface area contributed by atoms with E-state index in [0.717, 1.165) is 10.9 Å². The second-order valence-corrected chi connectivity index (χ2v) is 8.84. The Kier molecular flexibility index (Phi) is 9.30. The number of halogens is 4. The predicted octanol–water partition coefficient (Wildman–Crippen LogP) is 4.76. The first-order chi connectivity index (χ1) is 12.6. The van der Waals surface area contributed by atoms with Crippen LogP contribution in [0.5, 0.6) is 0 Å². The number of benzene rings is 1. The van der Waals surface area contributed by atoms with Crippen LogP contribution in [0.1, 0.15) is 42.4 Å². The van der Waals surface area contributed by atoms with Crippen LogP contribution in [0, 0.1) is 11.6 Å². The molecule has 9 heteroatoms. The highest BCUT2D eigenvalue weighted by atomic mass is 35.5. The molecule has 0 spiro atoms. The summed E-state index contributed by atoms with van der Waals surface area (Å²) < 4.78 is 28.6. The van der Waals surface area contributed by atoms with Crippen molar-refractivity contribution < 1.29 is 23.8 Å². The molecular formula is C19H23Cl2F2NO3S. The molecule has 1 atom stereocenters. The third kappa shape index (κ3) is 7.29. The maximum absolute atomic E-state index is 14.1. The minimum atomic E-state index is -1.27. The molecule has 0 aliphatic carbocycles. The topological polar surface area (TPSA) is 69.6 Å². The van der Waals surface area contributed by atoms with Crippen LogP contribution in [0.4, 0.5) is 8.78 Å². The van der Waals surface area contributed by atoms with Gasteiger partial charge in [0, 0.05) is 28.9 Å². The molecule has 3 N–H and O–H groups in total. The lowest BCUT2D eigenvalue weighted by Gasteiger charge is -2.27. The van der Waals surface area contributed by atoms with E-state index < -0.39 is 29.2 Å². The fourth-order valence-corrected chi connectivity index (χ4v) is 4.05. The summed E-state index contributed by atoms with van der Waals surface area (Å²) in [6, 6.07) is 6.02. The smallest absolute Gasteiger partial charge is 0.303 e. The van der Waals surface area contributed by atoms with Crippen LogP contribution in [0.15, 0.2) is 24.3 Å². The number of carboxylic acid groups (broad SMARTS) is 1. The first kappa shape index (κ1) is 24.8. The molecule has 1 aromatic carbocycles. The molecule has 0 amide bonds. The lowest BCUT2D eigenvalue weighted by Crippen LogP contribution is -2.43. The highest BCUT2D eigenvalue weighted by molar-refractivity contribution is 7.16. The first-order valence-electron chi connectivity index (χ1n) is 8.44. The Morgan fingerprint density at radius 1 is 1.32 bits per heavy atom. The maximum Gasteiger partial charge on any atom is 0.303 e. The largest absolute Gasteiger partial charge is 0.481 e. The van der Waals surface area contributed by atoms with Gasteiger partial charge in [-0.1, -0.05) is 11.6 Å². The molecule has 4 nitrogen and oxygen atoms in total. The molecule has 0 aliphatic heterocycles. The molecule has 0 radical (unpaired) electrons. The molecule has 2 rings (SSSR count). The molecule has 1 heterocycles. The van der Waals surface area contributed by atoms with Gasteiger partial charge in [-0.15, -0.1) is 23.7 Å². The molecule has 0 aliphatic rings. The summed E-state index contributed by atoms with van der Waals surface area (Å²) in [4.78, 5) is 11.7. The zero-order chi connectivity index (χ0) is 20.2. The molecule has 0 saturated heterocycles. The van der Waals surface area contributed by atoms with E-state index in [-0.39, 0.29) is 37.4 Å². The standard InChI is InChI=1S/C19H22ClF2NO3S.ClH/c1-19(2,9-12-4-5-16(20)27-12)23-10-15(24)13-7-11(3-6-17(25)26)8-14(21)18(13)22;/h4-5,7-8,15,23-24H,3,6,9-10H2,1-2H3,(H,25,26);1H/t15-;/m1./s1. The molecule has 0 unspecified atom stereocenters. The molecule has 156 valence electrons. The second kappa shape index (κ2) is 10.5. The number of β-amino-alcohol motifs (C(OH)–C–C–N with tert-alkyl or cyclic N) is 1. The van der Waals surface area contributed by atoms with Gasteiger partial charge in [0.1, 0.15) is 0 Å². The normalized spacial score (nSPS) is 12.5. The average molecular weight is 454 g/mol. The predicted molar refractivity (Wildman–Crippen MR) is 110 cm³/mol. The van der Waals surface area contributed by atoms with Gasteiger partial charge < -0.3 is 15.5 Å². The van der Waals surface area contributed by atoms with Crippen molar-refractivity contribution in [3.8, 4) is 0 Å². The maximum atomic E-state index is 14.1. The van der Waals surface area contributed by atoms with Crippen molar-refractivity contribution in [3.63, 3.8) is 0 Å². The highest BCUT2D eigenvalue weighted by Crippen LogP contribution is 2.26. The number of carboxylic acids is 1. The fourth-order valence-electron chi connectivity index (χ4n) is 2.73. The van der Waals surface area contributed by atoms with Crippen LogP contribution in [0.25, 0.3) is 0 Å². The Hall–Kier alpha value is -1.25. The van der Waals surface area contributed by atoms with E-state index in [4.69, 9.17) is 16.7 Å². The van der Waals surface area contributed by atoms with Gasteiger partial charge in [0.05, 0.1) is 10.4 Å². The monoisotopic (exact) mass is 453 g/mol. The molecule has 1 aromatic heterocycles. The van der Waals surface area contributed by atoms with Crippen molar-refractivity contribution >= 4 is 41.3 Å². The molecule has 28 heavy (non-hydrogen) atoms. The number of carbonyl (C=O) groups is 1. The average Bonchev–Trinajstić information content (AvgIpc) is 2.97. The number of aliphatic hydroxyl groups is 1. The Morgan fingerprint density at radius 3 is 2.57 bits per heavy atom. The minimum absolute atomic E-state index is 0. The molecule has 0 fully saturated rings. The SMILES string of the molecule is CC(C)(Cc1ccc(Cl)s1)NC[C@@H](O)c1cc(CCC(=O)O)cc(F)c1F.Cl. The summed E-state index contributed by atoms with van der Waals surface area (Å²) >= 11 is 7.40. The van der Waals surface area contributed by atoms with Gasteiger partial charge in [-0.05, 0) is 56.5 Å². The van der Waals surface area contributed by atoms with Crippen LogP contribution < -0.4 is 5.32 Å². The van der Waals surface area contributed by atoms with Crippen molar-refractivity contribution in [1.29, 1.82) is 0 Å². The van der Waals surface area contributed by atoms with E-state index >= 15 is 0 Å². The van der Waals surface area contributed by atoms with Crippen molar-refractivity contribution in [2.75, 3.05) is 6.54 Å². The number of aliphatic hydroxyl groups excluding tert-OH is 1. The van der Waals surface area contributed by atoms with Gasteiger partial charge in [0.25, 0.3) is 0 Å². The second-order valence-electron chi connectivity index (χ2n) is 7.04. The van der Waals surface area contributed by atoms with E-state index in [1.807, 2.05) is 26.0 Å². The molecule has 0 saturated carbocycles. The Labute approximate surface area is 178 Å². The number of thiophene rings is 1. The Bertz CT molecular complexity index is 814. The van der Waals surface area contributed by atoms with Crippen molar-refractivity contribution in [2.45, 2.75) is 44.8 Å². The third-order valence-corrected chi connectivity index (χ3v) is 5.35. The van der Waals surface area contributed by atoms with Crippen molar-refractivity contribution in [3.05, 3.63) is 56.2 Å². The van der Waals surface area contributed by atoms with Crippen LogP contribution in [0.3, 0.4) is 0 Å². The lowest BCUT2D eigenvalue weighted by atomic mass is 9.97. The lowest BCUT2D eigenvalue weighted by molar-refractivity contribution is -0.136. The van der Waals surface area contributed by atoms with E-state index in [9.17, 15) is 18.7 Å². The number of aryl methyl sites for hydroxylation is 1. The molecular weight excluding hydrogens is 431 g/mol. The summed E-state index contributed by atoms with van der Waals surface area (Å²) in [5.41, 5.74) is -0.249. The summed E-state index contributed by atoms with van der Waals surface area (Å²) in [7, 11) is 0. The van der Waals surface area contributed by atoms with Crippen LogP contribution in [0.2, 0.25) is 4.34 Å². The van der Waals surface area contributed by atoms with Gasteiger partial charge in [0.2, 0.25) is 0 Å². The van der Waals surface area contributed by atoms with Crippen molar-refractivity contribution in [1.82, 2.24) is 5.32 Å². The van der Waals surface area contributed by atoms with Crippen LogP contribution >= 0.6 is 35.3 Å². The number of aliphatic carboxylic acids is 1. The van der Waals surface area contributed by atoms with Gasteiger partial charge in [-0.2, -0.15) is 0 Å². The number of nitrogens with one attached hydrogen (secondary N) is 1. The number of rotatable bonds is 9. The minimum Gasteiger partial charge on any atom is -0.481 e. The zero-order valence-electron chi connectivity index (χ0n) is 15.5. The summed E-state index contributed by atoms with van der Waals surface area (Å²) in [5, 5.41) is 22.3. The van der Waals surface area contributed by atoms with Gasteiger partial charge >= 0.3 is 5.97 Å². The van der Waals surface area contributed by atoms with Gasteiger partial charge in [-0.3, -0.25) is 4.79 Å². The van der Waals surface area contributed by atoms with E-state index in [1.165, 1.54) is 17.4 Å². The Morgan fingerprint density at radius 2 is 2.00 bits per heavy atom. The van der Waals surface area contributed by atoms with Crippen molar-refractivity contribution in [2.24, 2.45) is 0 Å². The molecule has 2 aromatic rings. The first-order valence-corrected chi connectivity index (χ1v) is 9.64. The highest BCUT2D eigenvalue weighted by Gasteiger charge is 2.23. The summed E-state index contributed by atoms with van der Waals surface area (Å²) in [6.07, 6.45) is -0.748. The van der Waals surface area contributed by atoms with Gasteiger partial charge in [-0.25, -0.2) is 8.78 Å². The number of hydrogen-bond donors (Lipinski definition) is 3. The zero-order valence-corrected chi connectivity index (χ0v) is 17.9. The van der Waals surface area contributed by atoms with E-state index in [1.54, 1.807) is 0 Å². The van der Waals surface area contributed by atoms with Crippen LogP contribution in [-0.4, -0.2) is 28.3 Å². The molecule has 0 bridgehead atoms. The fraction of sp³-hybridized carbons (Fsp3) is 0.421. The quantitative estimate of drug-likeness (QED) is 0.511. The number of hydrogen-bond acceptors (Lipinski definition) is 4. The summed E-state index contributed by atoms with van der Waals surface area (Å²) in [6.45, 7) is 3.89. The van der Waals surface area contributed by atoms with E-state index in [2.05, 4.69) is 5.32 Å². The van der Waals surface area contributed by atoms with Gasteiger partial charge in [0.15, 0.2) is 11.6 Å². The third-order valence-electron chi connectivity index (χ3n) is 4.12. The van der Waals surface area contributed by atoms with Crippen LogP contribution in [-0.2, 0) is 17.6 Å². The summed E-state index contributed by atoms with van der Waals surface area (Å²) in [5.74, 6) is -3.25. The Balaban J connectivity index is 0.00000392. The van der Waals surface area contributed by atoms with E-state index in [0.29, 0.717) is 16.3 Å².